The molecular formula is C132H264MoN4O4S8. The Morgan fingerprint density at radius 3 is 0.221 bits per heavy atom. The second kappa shape index (κ2) is 147. The quantitative estimate of drug-likeness (QED) is 0.0191. The zero-order valence-electron chi connectivity index (χ0n) is 102. The summed E-state index contributed by atoms with van der Waals surface area (Å²) in [6.07, 6.45) is 156. The van der Waals surface area contributed by atoms with Crippen molar-refractivity contribution in [3.8, 4) is 0 Å². The van der Waals surface area contributed by atoms with Gasteiger partial charge < -0.3 is 119 Å². The van der Waals surface area contributed by atoms with E-state index in [4.69, 9.17) is 119 Å². The van der Waals surface area contributed by atoms with E-state index in [1.807, 2.05) is 20.3 Å². The average Bonchev–Trinajstić information content (AvgIpc) is 0.990. The monoisotopic (exact) mass is 2320 g/mol. The van der Waals surface area contributed by atoms with E-state index in [9.17, 15) is 0 Å². The zero-order valence-corrected chi connectivity index (χ0v) is 110. The molecule has 149 heavy (non-hydrogen) atoms. The van der Waals surface area contributed by atoms with Gasteiger partial charge in [0, 0.05) is 52.4 Å². The molecule has 8 nitrogen and oxygen atoms in total. The summed E-state index contributed by atoms with van der Waals surface area (Å²) in [5.41, 5.74) is 0. The van der Waals surface area contributed by atoms with Crippen LogP contribution in [0.4, 0.5) is 0 Å². The van der Waals surface area contributed by atoms with Crippen LogP contribution >= 0.6 is 48.9 Å². The van der Waals surface area contributed by atoms with E-state index < -0.39 is 0 Å². The molecule has 0 aliphatic rings. The minimum Gasteiger partial charge on any atom is -0.426 e. The van der Waals surface area contributed by atoms with Crippen molar-refractivity contribution in [1.82, 2.24) is 20.3 Å². The van der Waals surface area contributed by atoms with Crippen LogP contribution < -0.4 is 0 Å². The maximum Gasteiger partial charge on any atom is 4.00 e. The van der Waals surface area contributed by atoms with Crippen molar-refractivity contribution in [3.05, 3.63) is 0 Å². The van der Waals surface area contributed by atoms with Crippen LogP contribution in [-0.2, 0) is 90.9 Å². The van der Waals surface area contributed by atoms with Gasteiger partial charge in [0.05, 0.1) is 17.5 Å². The first-order valence-corrected chi connectivity index (χ1v) is 70.6. The predicted octanol–water partition coefficient (Wildman–Crippen LogP) is 48.1. The molecule has 0 aromatic rings. The summed E-state index contributed by atoms with van der Waals surface area (Å²) < 4.78 is 0.984. The topological polar surface area (TPSA) is 49.9 Å². The van der Waals surface area contributed by atoms with E-state index in [0.717, 1.165) is 52.4 Å². The minimum absolute atomic E-state index is 0. The molecule has 0 radical (unpaired) electrons. The average molecular weight is 2320 g/mol. The first-order valence-electron chi connectivity index (χ1n) is 67.4. The van der Waals surface area contributed by atoms with Crippen LogP contribution in [0.5, 0.6) is 0 Å². The Kier molecular flexibility index (Phi) is 156. The van der Waals surface area contributed by atoms with E-state index in [1.165, 1.54) is 719 Å². The molecule has 0 spiro atoms. The predicted molar refractivity (Wildman–Crippen MR) is 693 cm³/mol. The third kappa shape index (κ3) is 153. The molecular weight excluding hydrogens is 2060 g/mol. The van der Waals surface area contributed by atoms with E-state index in [2.05, 4.69) is 55.4 Å². The largest absolute Gasteiger partial charge is 4.00 e. The van der Waals surface area contributed by atoms with Crippen LogP contribution in [0.3, 0.4) is 0 Å². The zero-order chi connectivity index (χ0) is 108. The number of unbranched alkanes of at least 4 members (excludes halogenated alkanes) is 104. The molecule has 0 saturated heterocycles. The molecule has 0 aliphatic heterocycles. The Bertz CT molecular complexity index is 1980. The van der Waals surface area contributed by atoms with Crippen LogP contribution in [-0.4, -0.2) is 90.1 Å². The van der Waals surface area contributed by atoms with Gasteiger partial charge >= 0.3 is 21.1 Å². The Balaban J connectivity index is -0.000000617. The Morgan fingerprint density at radius 2 is 0.168 bits per heavy atom. The molecule has 890 valence electrons. The van der Waals surface area contributed by atoms with Crippen molar-refractivity contribution in [1.29, 1.82) is 0 Å². The third-order valence-corrected chi connectivity index (χ3v) is 31.5. The fraction of sp³-hybridized carbons (Fsp3) is 0.970. The van der Waals surface area contributed by atoms with E-state index in [0.29, 0.717) is 0 Å². The van der Waals surface area contributed by atoms with Crippen molar-refractivity contribution in [2.75, 3.05) is 52.4 Å². The van der Waals surface area contributed by atoms with Crippen molar-refractivity contribution < 1.29 is 40.4 Å². The molecule has 0 bridgehead atoms. The van der Waals surface area contributed by atoms with Gasteiger partial charge in [-0.15, -0.1) is 20.3 Å². The fourth-order valence-electron chi connectivity index (χ4n) is 21.1. The molecule has 0 aromatic heterocycles. The summed E-state index contributed by atoms with van der Waals surface area (Å²) in [5.74, 6) is 0. The molecule has 0 atom stereocenters. The van der Waals surface area contributed by atoms with Gasteiger partial charge in [-0.25, -0.2) is 0 Å². The van der Waals surface area contributed by atoms with E-state index in [1.54, 1.807) is 0 Å². The van der Waals surface area contributed by atoms with E-state index in [-0.39, 0.29) is 38.6 Å². The second-order valence-electron chi connectivity index (χ2n) is 45.9. The molecule has 0 rings (SSSR count). The first kappa shape index (κ1) is 158. The molecule has 0 heterocycles. The number of hydroxylamine groups is 8. The molecule has 0 saturated carbocycles. The molecule has 0 N–H and O–H groups in total. The number of nitrogens with zero attached hydrogens (tertiary/aromatic N) is 4. The molecule has 0 amide bonds. The van der Waals surface area contributed by atoms with Crippen molar-refractivity contribution in [2.24, 2.45) is 0 Å². The van der Waals surface area contributed by atoms with Crippen LogP contribution in [0.25, 0.3) is 0 Å². The molecule has 17 heteroatoms. The van der Waals surface area contributed by atoms with Gasteiger partial charge in [0.2, 0.25) is 0 Å². The molecule has 0 fully saturated rings. The third-order valence-electron chi connectivity index (χ3n) is 30.9. The summed E-state index contributed by atoms with van der Waals surface area (Å²) in [5, 5.41) is 8.15. The maximum absolute atomic E-state index is 5.66. The number of hydrogen-bond donors (Lipinski definition) is 0. The van der Waals surface area contributed by atoms with Crippen LogP contribution in [0, 0.1) is 0 Å². The number of hydrogen-bond acceptors (Lipinski definition) is 16. The minimum atomic E-state index is 0. The summed E-state index contributed by atoms with van der Waals surface area (Å²) in [7, 11) is 0. The van der Waals surface area contributed by atoms with Crippen molar-refractivity contribution >= 4 is 117 Å². The fourth-order valence-corrected chi connectivity index (χ4v) is 21.9. The Hall–Kier alpha value is 0.968. The van der Waals surface area contributed by atoms with Crippen LogP contribution in [0.2, 0.25) is 0 Å². The summed E-state index contributed by atoms with van der Waals surface area (Å²) in [6.45, 7) is 26.1. The first-order chi connectivity index (χ1) is 72.8. The summed E-state index contributed by atoms with van der Waals surface area (Å²) >= 11 is 40.3. The van der Waals surface area contributed by atoms with Gasteiger partial charge in [0.1, 0.15) is 0 Å². The van der Waals surface area contributed by atoms with Gasteiger partial charge in [0.25, 0.3) is 0 Å². The Labute approximate surface area is 995 Å². The van der Waals surface area contributed by atoms with Crippen molar-refractivity contribution in [3.63, 3.8) is 0 Å². The summed E-state index contributed by atoms with van der Waals surface area (Å²) in [4.78, 5) is 22.6. The van der Waals surface area contributed by atoms with Crippen LogP contribution in [0.15, 0.2) is 0 Å². The molecule has 0 aliphatic carbocycles. The van der Waals surface area contributed by atoms with Crippen molar-refractivity contribution in [2.45, 2.75) is 775 Å². The number of rotatable bonds is 124. The van der Waals surface area contributed by atoms with Gasteiger partial charge in [0.15, 0.2) is 0 Å². The normalized spacial score (nSPS) is 11.4. The maximum atomic E-state index is 5.66. The SMILES string of the molecule is CCCCCCCCCCCCCCCCN(CCCCCCCCCCCCCCCC)OC(=S)[S-].CCCCCCCCCCCCCCCCN(CCCCCCCCCCCCCCCC)OC(=S)[S-].CCCCCCCCCCCCCCCCN(CCCCCCCCCCCCCCCC)OC(=S)[S-].CCCCCCCCCCCCCCCCN(CCCCCCCCCCCCCCCC)OC(=S)[S-].[Mo+4]. The van der Waals surface area contributed by atoms with Gasteiger partial charge in [-0.2, -0.15) is 0 Å². The second-order valence-corrected chi connectivity index (χ2v) is 49.9. The molecule has 0 aromatic carbocycles. The van der Waals surface area contributed by atoms with Crippen LogP contribution in [0.1, 0.15) is 775 Å². The Morgan fingerprint density at radius 1 is 0.114 bits per heavy atom. The van der Waals surface area contributed by atoms with Gasteiger partial charge in [-0.05, 0) is 51.4 Å². The van der Waals surface area contributed by atoms with Gasteiger partial charge in [-0.3, -0.25) is 0 Å². The standard InChI is InChI=1S/4C33H67NOS2.Mo/c4*1-3-5-7-9-11-13-15-17-19-21-23-25-27-29-31-34(35-33(36)37)32-30-28-26-24-22-20-18-16-14-12-10-8-6-4-2;/h4*3-32H2,1-2H3,(H,36,37);/q;;;;+4/p-4. The number of thiocarbonyl (C=S) groups is 4. The molecule has 0 unspecified atom stereocenters. The summed E-state index contributed by atoms with van der Waals surface area (Å²) in [6, 6.07) is 0. The van der Waals surface area contributed by atoms with Gasteiger partial charge in [-0.1, -0.05) is 723 Å². The smallest absolute Gasteiger partial charge is 0.426 e. The van der Waals surface area contributed by atoms with E-state index >= 15 is 0 Å².